The first-order chi connectivity index (χ1) is 16.8. The molecule has 0 unspecified atom stereocenters. The van der Waals surface area contributed by atoms with Crippen LogP contribution in [0.1, 0.15) is 22.4 Å². The molecular formula is C23H13F8N3OS. The molecule has 13 heteroatoms. The molecule has 0 saturated heterocycles. The van der Waals surface area contributed by atoms with Gasteiger partial charge in [0.15, 0.2) is 23.3 Å². The Hall–Kier alpha value is -3.66. The van der Waals surface area contributed by atoms with E-state index in [0.717, 1.165) is 11.1 Å². The summed E-state index contributed by atoms with van der Waals surface area (Å²) in [4.78, 5) is 15.6. The normalized spacial score (nSPS) is 11.4. The van der Waals surface area contributed by atoms with Gasteiger partial charge in [-0.25, -0.2) is 26.9 Å². The van der Waals surface area contributed by atoms with Gasteiger partial charge in [0.2, 0.25) is 11.7 Å². The second kappa shape index (κ2) is 10.1. The minimum absolute atomic E-state index is 0.120. The fraction of sp³-hybridized carbons (Fsp3) is 0.174. The van der Waals surface area contributed by atoms with Gasteiger partial charge in [-0.2, -0.15) is 18.4 Å². The van der Waals surface area contributed by atoms with Gasteiger partial charge in [-0.05, 0) is 36.6 Å². The summed E-state index contributed by atoms with van der Waals surface area (Å²) in [6, 6.07) is 7.14. The van der Waals surface area contributed by atoms with Gasteiger partial charge in [0.05, 0.1) is 11.3 Å². The third-order valence-electron chi connectivity index (χ3n) is 5.02. The molecule has 0 aliphatic heterocycles. The van der Waals surface area contributed by atoms with E-state index in [4.69, 9.17) is 0 Å². The molecule has 1 amide bonds. The Bertz CT molecular complexity index is 1390. The third-order valence-corrected chi connectivity index (χ3v) is 6.00. The predicted octanol–water partition coefficient (Wildman–Crippen LogP) is 6.68. The van der Waals surface area contributed by atoms with Crippen LogP contribution in [0.5, 0.6) is 0 Å². The smallest absolute Gasteiger partial charge is 0.320 e. The van der Waals surface area contributed by atoms with Crippen LogP contribution in [0, 0.1) is 54.3 Å². The van der Waals surface area contributed by atoms with Crippen molar-refractivity contribution in [1.29, 1.82) is 5.26 Å². The Morgan fingerprint density at radius 3 is 2.08 bits per heavy atom. The van der Waals surface area contributed by atoms with Crippen molar-refractivity contribution >= 4 is 23.4 Å². The predicted molar refractivity (Wildman–Crippen MR) is 114 cm³/mol. The van der Waals surface area contributed by atoms with Gasteiger partial charge in [-0.15, -0.1) is 0 Å². The lowest BCUT2D eigenvalue weighted by Gasteiger charge is -2.15. The number of nitriles is 1. The van der Waals surface area contributed by atoms with E-state index in [9.17, 15) is 45.2 Å². The Balaban J connectivity index is 1.99. The SMILES string of the molecule is Cc1ccc(-c2cc(C(F)(F)F)nc(SCC(=O)Nc3c(F)c(F)c(F)c(F)c3F)c2C#N)cc1C. The number of carbonyl (C=O) groups is 1. The molecule has 0 aliphatic rings. The van der Waals surface area contributed by atoms with Gasteiger partial charge in [0.1, 0.15) is 22.5 Å². The topological polar surface area (TPSA) is 65.8 Å². The van der Waals surface area contributed by atoms with Gasteiger partial charge >= 0.3 is 6.18 Å². The van der Waals surface area contributed by atoms with E-state index in [1.807, 2.05) is 0 Å². The molecule has 188 valence electrons. The van der Waals surface area contributed by atoms with E-state index in [1.54, 1.807) is 32.0 Å². The lowest BCUT2D eigenvalue weighted by molar-refractivity contribution is -0.141. The highest BCUT2D eigenvalue weighted by Gasteiger charge is 2.35. The summed E-state index contributed by atoms with van der Waals surface area (Å²) in [7, 11) is 0. The lowest BCUT2D eigenvalue weighted by atomic mass is 9.97. The number of pyridine rings is 1. The van der Waals surface area contributed by atoms with Crippen molar-refractivity contribution in [2.45, 2.75) is 25.0 Å². The van der Waals surface area contributed by atoms with Crippen LogP contribution in [-0.4, -0.2) is 16.6 Å². The number of rotatable bonds is 5. The number of nitrogens with zero attached hydrogens (tertiary/aromatic N) is 2. The number of thioether (sulfide) groups is 1. The zero-order valence-corrected chi connectivity index (χ0v) is 19.1. The molecule has 0 aliphatic carbocycles. The number of hydrogen-bond acceptors (Lipinski definition) is 4. The van der Waals surface area contributed by atoms with Gasteiger partial charge in [0, 0.05) is 5.56 Å². The molecule has 36 heavy (non-hydrogen) atoms. The number of alkyl halides is 3. The van der Waals surface area contributed by atoms with Crippen LogP contribution >= 0.6 is 11.8 Å². The molecule has 0 fully saturated rings. The van der Waals surface area contributed by atoms with E-state index in [2.05, 4.69) is 4.98 Å². The van der Waals surface area contributed by atoms with Gasteiger partial charge in [-0.1, -0.05) is 30.0 Å². The van der Waals surface area contributed by atoms with Crippen LogP contribution < -0.4 is 5.32 Å². The molecule has 3 aromatic rings. The summed E-state index contributed by atoms with van der Waals surface area (Å²) < 4.78 is 108. The number of carbonyl (C=O) groups excluding carboxylic acids is 1. The van der Waals surface area contributed by atoms with Crippen LogP contribution in [0.15, 0.2) is 29.3 Å². The van der Waals surface area contributed by atoms with Crippen LogP contribution in [0.3, 0.4) is 0 Å². The highest BCUT2D eigenvalue weighted by Crippen LogP contribution is 2.37. The number of aryl methyl sites for hydroxylation is 2. The summed E-state index contributed by atoms with van der Waals surface area (Å²) in [6.07, 6.45) is -4.92. The van der Waals surface area contributed by atoms with E-state index < -0.39 is 63.3 Å². The molecule has 1 N–H and O–H groups in total. The quantitative estimate of drug-likeness (QED) is 0.173. The average molecular weight is 531 g/mol. The minimum Gasteiger partial charge on any atom is -0.320 e. The summed E-state index contributed by atoms with van der Waals surface area (Å²) in [5, 5.41) is 10.6. The average Bonchev–Trinajstić information content (AvgIpc) is 2.83. The monoisotopic (exact) mass is 531 g/mol. The second-order valence-corrected chi connectivity index (χ2v) is 8.39. The largest absolute Gasteiger partial charge is 0.433 e. The first kappa shape index (κ1) is 26.9. The van der Waals surface area contributed by atoms with E-state index in [1.165, 1.54) is 11.4 Å². The molecule has 0 saturated carbocycles. The van der Waals surface area contributed by atoms with Crippen LogP contribution in [0.25, 0.3) is 11.1 Å². The second-order valence-electron chi connectivity index (χ2n) is 7.43. The highest BCUT2D eigenvalue weighted by molar-refractivity contribution is 8.00. The number of aromatic nitrogens is 1. The molecule has 0 spiro atoms. The molecule has 4 nitrogen and oxygen atoms in total. The number of amides is 1. The van der Waals surface area contributed by atoms with Crippen LogP contribution in [0.4, 0.5) is 40.8 Å². The Morgan fingerprint density at radius 1 is 0.972 bits per heavy atom. The third kappa shape index (κ3) is 5.28. The van der Waals surface area contributed by atoms with Crippen molar-refractivity contribution in [2.24, 2.45) is 0 Å². The highest BCUT2D eigenvalue weighted by atomic mass is 32.2. The molecule has 0 radical (unpaired) electrons. The van der Waals surface area contributed by atoms with Crippen molar-refractivity contribution in [3.05, 3.63) is 75.7 Å². The maximum Gasteiger partial charge on any atom is 0.433 e. The number of anilines is 1. The summed E-state index contributed by atoms with van der Waals surface area (Å²) >= 11 is 0.317. The van der Waals surface area contributed by atoms with Crippen molar-refractivity contribution in [3.8, 4) is 17.2 Å². The van der Waals surface area contributed by atoms with Crippen molar-refractivity contribution < 1.29 is 39.9 Å². The minimum atomic E-state index is -4.92. The fourth-order valence-corrected chi connectivity index (χ4v) is 3.84. The standard InChI is InChI=1S/C23H13F8N3OS/c1-9-3-4-11(5-10(9)2)12-6-14(23(29,30)31)33-22(13(12)7-32)36-8-15(35)34-21-19(27)17(25)16(24)18(26)20(21)28/h3-6H,8H2,1-2H3,(H,34,35). The molecule has 0 bridgehead atoms. The zero-order chi connectivity index (χ0) is 26.9. The molecular weight excluding hydrogens is 518 g/mol. The summed E-state index contributed by atoms with van der Waals surface area (Å²) in [5.74, 6) is -13.8. The number of nitrogens with one attached hydrogen (secondary N) is 1. The number of benzene rings is 2. The van der Waals surface area contributed by atoms with E-state index >= 15 is 0 Å². The maximum absolute atomic E-state index is 13.8. The summed E-state index contributed by atoms with van der Waals surface area (Å²) in [6.45, 7) is 3.50. The van der Waals surface area contributed by atoms with E-state index in [0.29, 0.717) is 17.8 Å². The number of halogens is 8. The van der Waals surface area contributed by atoms with Gasteiger partial charge < -0.3 is 5.32 Å². The molecule has 3 rings (SSSR count). The van der Waals surface area contributed by atoms with Crippen molar-refractivity contribution in [2.75, 3.05) is 11.1 Å². The fourth-order valence-electron chi connectivity index (χ4n) is 3.04. The van der Waals surface area contributed by atoms with Crippen LogP contribution in [-0.2, 0) is 11.0 Å². The lowest BCUT2D eigenvalue weighted by Crippen LogP contribution is -2.19. The number of hydrogen-bond donors (Lipinski definition) is 1. The molecule has 1 heterocycles. The molecule has 2 aromatic carbocycles. The Morgan fingerprint density at radius 2 is 1.56 bits per heavy atom. The first-order valence-electron chi connectivity index (χ1n) is 9.80. The molecule has 1 aromatic heterocycles. The Labute approximate surface area is 203 Å². The van der Waals surface area contributed by atoms with E-state index in [-0.39, 0.29) is 16.7 Å². The van der Waals surface area contributed by atoms with Crippen LogP contribution in [0.2, 0.25) is 0 Å². The van der Waals surface area contributed by atoms with Crippen molar-refractivity contribution in [1.82, 2.24) is 4.98 Å². The zero-order valence-electron chi connectivity index (χ0n) is 18.3. The Kier molecular flexibility index (Phi) is 7.59. The van der Waals surface area contributed by atoms with Crippen molar-refractivity contribution in [3.63, 3.8) is 0 Å². The first-order valence-corrected chi connectivity index (χ1v) is 10.8. The van der Waals surface area contributed by atoms with Gasteiger partial charge in [-0.3, -0.25) is 4.79 Å². The van der Waals surface area contributed by atoms with Gasteiger partial charge in [0.25, 0.3) is 0 Å². The maximum atomic E-state index is 13.8. The summed E-state index contributed by atoms with van der Waals surface area (Å²) in [5.41, 5.74) is -1.55. The molecule has 0 atom stereocenters.